The molecule has 0 aliphatic heterocycles. The first-order valence-electron chi connectivity index (χ1n) is 4.22. The molecular formula is C10H7F2N3. The number of nitrogens with zero attached hydrogens (tertiary/aromatic N) is 2. The molecule has 0 aliphatic rings. The molecule has 0 aliphatic carbocycles. The van der Waals surface area contributed by atoms with Crippen molar-refractivity contribution in [3.8, 4) is 11.3 Å². The molecule has 0 spiro atoms. The lowest BCUT2D eigenvalue weighted by Crippen LogP contribution is -1.97. The second-order valence-electron chi connectivity index (χ2n) is 2.94. The molecule has 1 aromatic heterocycles. The van der Waals surface area contributed by atoms with E-state index < -0.39 is 11.6 Å². The molecule has 0 fully saturated rings. The van der Waals surface area contributed by atoms with Crippen LogP contribution in [0.1, 0.15) is 0 Å². The van der Waals surface area contributed by atoms with E-state index in [2.05, 4.69) is 10.2 Å². The fraction of sp³-hybridized carbons (Fsp3) is 0. The zero-order valence-electron chi connectivity index (χ0n) is 7.61. The first-order valence-corrected chi connectivity index (χ1v) is 4.22. The highest BCUT2D eigenvalue weighted by Crippen LogP contribution is 2.23. The average molecular weight is 207 g/mol. The third kappa shape index (κ3) is 1.76. The van der Waals surface area contributed by atoms with Gasteiger partial charge in [-0.2, -0.15) is 0 Å². The molecule has 0 atom stereocenters. The van der Waals surface area contributed by atoms with Gasteiger partial charge in [0.05, 0.1) is 11.3 Å². The summed E-state index contributed by atoms with van der Waals surface area (Å²) in [6.07, 6.45) is 0. The Morgan fingerprint density at radius 2 is 1.60 bits per heavy atom. The molecule has 5 heteroatoms. The largest absolute Gasteiger partial charge is 0.382 e. The van der Waals surface area contributed by atoms with Gasteiger partial charge in [-0.05, 0) is 24.3 Å². The van der Waals surface area contributed by atoms with E-state index in [1.54, 1.807) is 0 Å². The van der Waals surface area contributed by atoms with Crippen molar-refractivity contribution in [2.45, 2.75) is 0 Å². The first kappa shape index (κ1) is 9.51. The molecule has 0 saturated heterocycles. The maximum atomic E-state index is 13.3. The summed E-state index contributed by atoms with van der Waals surface area (Å²) in [6.45, 7) is 0. The van der Waals surface area contributed by atoms with Crippen LogP contribution >= 0.6 is 0 Å². The monoisotopic (exact) mass is 207 g/mol. The van der Waals surface area contributed by atoms with Crippen molar-refractivity contribution < 1.29 is 8.78 Å². The summed E-state index contributed by atoms with van der Waals surface area (Å²) in [7, 11) is 0. The van der Waals surface area contributed by atoms with Crippen LogP contribution in [0, 0.1) is 11.6 Å². The Balaban J connectivity index is 2.58. The van der Waals surface area contributed by atoms with E-state index in [-0.39, 0.29) is 17.1 Å². The minimum absolute atomic E-state index is 0.125. The molecular weight excluding hydrogens is 200 g/mol. The number of nitrogens with two attached hydrogens (primary N) is 1. The number of benzene rings is 1. The molecule has 0 bridgehead atoms. The van der Waals surface area contributed by atoms with Crippen LogP contribution in [0.4, 0.5) is 14.6 Å². The maximum Gasteiger partial charge on any atom is 0.146 e. The quantitative estimate of drug-likeness (QED) is 0.778. The van der Waals surface area contributed by atoms with Crippen molar-refractivity contribution in [2.24, 2.45) is 0 Å². The van der Waals surface area contributed by atoms with Crippen molar-refractivity contribution in [1.29, 1.82) is 0 Å². The number of hydrogen-bond acceptors (Lipinski definition) is 3. The molecule has 76 valence electrons. The zero-order chi connectivity index (χ0) is 10.8. The van der Waals surface area contributed by atoms with Crippen molar-refractivity contribution >= 4 is 5.82 Å². The molecule has 2 rings (SSSR count). The molecule has 0 amide bonds. The molecule has 0 unspecified atom stereocenters. The topological polar surface area (TPSA) is 51.8 Å². The van der Waals surface area contributed by atoms with Crippen LogP contribution in [0.5, 0.6) is 0 Å². The normalized spacial score (nSPS) is 10.3. The van der Waals surface area contributed by atoms with Gasteiger partial charge in [0.1, 0.15) is 17.5 Å². The SMILES string of the molecule is Nc1ccc(-c2c(F)cccc2F)nn1. The summed E-state index contributed by atoms with van der Waals surface area (Å²) >= 11 is 0. The minimum Gasteiger partial charge on any atom is -0.382 e. The molecule has 2 aromatic rings. The minimum atomic E-state index is -0.672. The summed E-state index contributed by atoms with van der Waals surface area (Å²) in [4.78, 5) is 0. The number of aromatic nitrogens is 2. The Labute approximate surface area is 84.6 Å². The predicted octanol–water partition coefficient (Wildman–Crippen LogP) is 2.00. The number of nitrogen functional groups attached to an aromatic ring is 1. The summed E-state index contributed by atoms with van der Waals surface area (Å²) in [6, 6.07) is 6.48. The highest BCUT2D eigenvalue weighted by Gasteiger charge is 2.11. The lowest BCUT2D eigenvalue weighted by molar-refractivity contribution is 0.588. The van der Waals surface area contributed by atoms with Gasteiger partial charge >= 0.3 is 0 Å². The number of halogens is 2. The molecule has 1 heterocycles. The van der Waals surface area contributed by atoms with Crippen LogP contribution in [0.25, 0.3) is 11.3 Å². The third-order valence-electron chi connectivity index (χ3n) is 1.90. The molecule has 3 nitrogen and oxygen atoms in total. The summed E-state index contributed by atoms with van der Waals surface area (Å²) in [5.41, 5.74) is 5.25. The Bertz CT molecular complexity index is 462. The van der Waals surface area contributed by atoms with Crippen molar-refractivity contribution in [3.63, 3.8) is 0 Å². The van der Waals surface area contributed by atoms with E-state index in [1.165, 1.54) is 18.2 Å². The summed E-state index contributed by atoms with van der Waals surface area (Å²) < 4.78 is 26.6. The van der Waals surface area contributed by atoms with Crippen molar-refractivity contribution in [3.05, 3.63) is 42.0 Å². The van der Waals surface area contributed by atoms with Gasteiger partial charge in [0.25, 0.3) is 0 Å². The highest BCUT2D eigenvalue weighted by atomic mass is 19.1. The third-order valence-corrected chi connectivity index (χ3v) is 1.90. The number of anilines is 1. The second kappa shape index (κ2) is 3.61. The smallest absolute Gasteiger partial charge is 0.146 e. The summed E-state index contributed by atoms with van der Waals surface area (Å²) in [5.74, 6) is -1.14. The fourth-order valence-electron chi connectivity index (χ4n) is 1.22. The Hall–Kier alpha value is -2.04. The van der Waals surface area contributed by atoms with E-state index in [1.807, 2.05) is 0 Å². The van der Waals surface area contributed by atoms with Crippen LogP contribution in [0.15, 0.2) is 30.3 Å². The van der Waals surface area contributed by atoms with Gasteiger partial charge in [0.2, 0.25) is 0 Å². The Kier molecular flexibility index (Phi) is 2.29. The van der Waals surface area contributed by atoms with Crippen LogP contribution in [0.2, 0.25) is 0 Å². The van der Waals surface area contributed by atoms with Crippen LogP contribution < -0.4 is 5.73 Å². The van der Waals surface area contributed by atoms with Crippen molar-refractivity contribution in [2.75, 3.05) is 5.73 Å². The first-order chi connectivity index (χ1) is 7.18. The lowest BCUT2D eigenvalue weighted by Gasteiger charge is -2.02. The van der Waals surface area contributed by atoms with Gasteiger partial charge in [0, 0.05) is 0 Å². The van der Waals surface area contributed by atoms with Crippen molar-refractivity contribution in [1.82, 2.24) is 10.2 Å². The lowest BCUT2D eigenvalue weighted by atomic mass is 10.1. The Morgan fingerprint density at radius 1 is 0.933 bits per heavy atom. The van der Waals surface area contributed by atoms with Gasteiger partial charge in [-0.1, -0.05) is 6.07 Å². The van der Waals surface area contributed by atoms with Gasteiger partial charge in [0.15, 0.2) is 0 Å². The van der Waals surface area contributed by atoms with Crippen LogP contribution in [0.3, 0.4) is 0 Å². The van der Waals surface area contributed by atoms with Gasteiger partial charge < -0.3 is 5.73 Å². The molecule has 2 N–H and O–H groups in total. The van der Waals surface area contributed by atoms with Gasteiger partial charge in [-0.15, -0.1) is 10.2 Å². The standard InChI is InChI=1S/C10H7F2N3/c11-6-2-1-3-7(12)10(6)8-4-5-9(13)15-14-8/h1-5H,(H2,13,15). The highest BCUT2D eigenvalue weighted by molar-refractivity contribution is 5.60. The second-order valence-corrected chi connectivity index (χ2v) is 2.94. The van der Waals surface area contributed by atoms with E-state index in [4.69, 9.17) is 5.73 Å². The Morgan fingerprint density at radius 3 is 2.13 bits per heavy atom. The maximum absolute atomic E-state index is 13.3. The van der Waals surface area contributed by atoms with Crippen LogP contribution in [-0.4, -0.2) is 10.2 Å². The van der Waals surface area contributed by atoms with Crippen LogP contribution in [-0.2, 0) is 0 Å². The average Bonchev–Trinajstić information content (AvgIpc) is 2.20. The molecule has 0 radical (unpaired) electrons. The molecule has 0 saturated carbocycles. The van der Waals surface area contributed by atoms with Gasteiger partial charge in [-0.25, -0.2) is 8.78 Å². The fourth-order valence-corrected chi connectivity index (χ4v) is 1.22. The van der Waals surface area contributed by atoms with E-state index in [9.17, 15) is 8.78 Å². The predicted molar refractivity (Wildman–Crippen MR) is 51.8 cm³/mol. The van der Waals surface area contributed by atoms with Gasteiger partial charge in [-0.3, -0.25) is 0 Å². The number of hydrogen-bond donors (Lipinski definition) is 1. The van der Waals surface area contributed by atoms with E-state index in [0.717, 1.165) is 12.1 Å². The van der Waals surface area contributed by atoms with E-state index in [0.29, 0.717) is 0 Å². The van der Waals surface area contributed by atoms with E-state index >= 15 is 0 Å². The zero-order valence-corrected chi connectivity index (χ0v) is 7.61. The number of rotatable bonds is 1. The molecule has 15 heavy (non-hydrogen) atoms. The molecule has 1 aromatic carbocycles. The summed E-state index contributed by atoms with van der Waals surface area (Å²) in [5, 5.41) is 7.15.